The zero-order valence-electron chi connectivity index (χ0n) is 11.0. The van der Waals surface area contributed by atoms with Gasteiger partial charge in [0.05, 0.1) is 4.92 Å². The van der Waals surface area contributed by atoms with E-state index in [0.29, 0.717) is 10.4 Å². The molecular formula is C15H15BrN2O2. The summed E-state index contributed by atoms with van der Waals surface area (Å²) in [6.07, 6.45) is 0. The fourth-order valence-electron chi connectivity index (χ4n) is 1.92. The lowest BCUT2D eigenvalue weighted by Gasteiger charge is -2.14. The second-order valence-corrected chi connectivity index (χ2v) is 5.47. The molecule has 2 aromatic rings. The molecule has 0 heterocycles. The molecule has 0 aliphatic rings. The first-order valence-electron chi connectivity index (χ1n) is 6.30. The summed E-state index contributed by atoms with van der Waals surface area (Å²) in [5.74, 6) is 0.360. The Kier molecular flexibility index (Phi) is 4.74. The van der Waals surface area contributed by atoms with Gasteiger partial charge in [-0.2, -0.15) is 0 Å². The number of halogens is 1. The van der Waals surface area contributed by atoms with E-state index in [1.807, 2.05) is 18.2 Å². The van der Waals surface area contributed by atoms with Gasteiger partial charge in [0, 0.05) is 28.8 Å². The van der Waals surface area contributed by atoms with Crippen molar-refractivity contribution in [2.75, 3.05) is 11.9 Å². The number of non-ortho nitro benzene ring substituents is 1. The Morgan fingerprint density at radius 2 is 1.95 bits per heavy atom. The van der Waals surface area contributed by atoms with E-state index in [9.17, 15) is 10.1 Å². The van der Waals surface area contributed by atoms with Gasteiger partial charge in [0.15, 0.2) is 0 Å². The lowest BCUT2D eigenvalue weighted by molar-refractivity contribution is -0.384. The third kappa shape index (κ3) is 3.57. The van der Waals surface area contributed by atoms with Crippen LogP contribution in [-0.2, 0) is 0 Å². The minimum absolute atomic E-state index is 0.0820. The van der Waals surface area contributed by atoms with Crippen LogP contribution in [0, 0.1) is 10.1 Å². The molecule has 2 rings (SSSR count). The lowest BCUT2D eigenvalue weighted by atomic mass is 10.0. The number of nitro benzene ring substituents is 1. The third-order valence-corrected chi connectivity index (χ3v) is 3.79. The largest absolute Gasteiger partial charge is 0.384 e. The van der Waals surface area contributed by atoms with Crippen LogP contribution < -0.4 is 5.32 Å². The van der Waals surface area contributed by atoms with E-state index in [1.165, 1.54) is 17.7 Å². The van der Waals surface area contributed by atoms with Gasteiger partial charge in [-0.3, -0.25) is 10.1 Å². The number of anilines is 1. The summed E-state index contributed by atoms with van der Waals surface area (Å²) in [7, 11) is 0. The molecule has 0 aliphatic heterocycles. The maximum Gasteiger partial charge on any atom is 0.270 e. The van der Waals surface area contributed by atoms with Gasteiger partial charge in [0.1, 0.15) is 0 Å². The average molecular weight is 335 g/mol. The summed E-state index contributed by atoms with van der Waals surface area (Å²) in [6, 6.07) is 15.0. The molecule has 0 saturated carbocycles. The number of benzene rings is 2. The molecule has 104 valence electrons. The van der Waals surface area contributed by atoms with E-state index in [1.54, 1.807) is 6.07 Å². The molecule has 0 fully saturated rings. The normalized spacial score (nSPS) is 11.9. The van der Waals surface area contributed by atoms with E-state index in [0.717, 1.165) is 12.2 Å². The Morgan fingerprint density at radius 3 is 2.55 bits per heavy atom. The Hall–Kier alpha value is -1.88. The van der Waals surface area contributed by atoms with Gasteiger partial charge in [0.25, 0.3) is 5.69 Å². The van der Waals surface area contributed by atoms with Crippen molar-refractivity contribution in [3.05, 3.63) is 68.7 Å². The van der Waals surface area contributed by atoms with Crippen LogP contribution in [0.15, 0.2) is 53.0 Å². The molecule has 1 N–H and O–H groups in total. The van der Waals surface area contributed by atoms with Crippen LogP contribution in [0.3, 0.4) is 0 Å². The van der Waals surface area contributed by atoms with Crippen molar-refractivity contribution < 1.29 is 4.92 Å². The predicted molar refractivity (Wildman–Crippen MR) is 84.1 cm³/mol. The number of rotatable bonds is 5. The smallest absolute Gasteiger partial charge is 0.270 e. The molecule has 0 amide bonds. The number of nitrogens with one attached hydrogen (secondary N) is 1. The van der Waals surface area contributed by atoms with Gasteiger partial charge in [-0.25, -0.2) is 0 Å². The molecule has 2 aromatic carbocycles. The van der Waals surface area contributed by atoms with Crippen LogP contribution in [0.1, 0.15) is 18.4 Å². The quantitative estimate of drug-likeness (QED) is 0.643. The Labute approximate surface area is 126 Å². The van der Waals surface area contributed by atoms with Gasteiger partial charge in [0.2, 0.25) is 0 Å². The van der Waals surface area contributed by atoms with Crippen molar-refractivity contribution in [1.29, 1.82) is 0 Å². The maximum atomic E-state index is 10.7. The van der Waals surface area contributed by atoms with E-state index in [2.05, 4.69) is 40.3 Å². The van der Waals surface area contributed by atoms with Gasteiger partial charge >= 0.3 is 0 Å². The van der Waals surface area contributed by atoms with Crippen molar-refractivity contribution in [3.63, 3.8) is 0 Å². The summed E-state index contributed by atoms with van der Waals surface area (Å²) < 4.78 is 0.701. The lowest BCUT2D eigenvalue weighted by Crippen LogP contribution is -2.10. The summed E-state index contributed by atoms with van der Waals surface area (Å²) in [4.78, 5) is 10.3. The van der Waals surface area contributed by atoms with Crippen LogP contribution in [-0.4, -0.2) is 11.5 Å². The number of nitro groups is 1. The zero-order valence-corrected chi connectivity index (χ0v) is 12.6. The van der Waals surface area contributed by atoms with Crippen LogP contribution in [0.2, 0.25) is 0 Å². The molecule has 0 saturated heterocycles. The van der Waals surface area contributed by atoms with E-state index >= 15 is 0 Å². The molecule has 0 radical (unpaired) electrons. The van der Waals surface area contributed by atoms with Crippen molar-refractivity contribution in [2.24, 2.45) is 0 Å². The van der Waals surface area contributed by atoms with Crippen LogP contribution in [0.4, 0.5) is 11.4 Å². The van der Waals surface area contributed by atoms with Gasteiger partial charge in [-0.15, -0.1) is 0 Å². The molecule has 20 heavy (non-hydrogen) atoms. The minimum atomic E-state index is -0.402. The fraction of sp³-hybridized carbons (Fsp3) is 0.200. The van der Waals surface area contributed by atoms with Crippen molar-refractivity contribution >= 4 is 27.3 Å². The van der Waals surface area contributed by atoms with Gasteiger partial charge < -0.3 is 5.32 Å². The van der Waals surface area contributed by atoms with Gasteiger partial charge in [-0.05, 0) is 33.5 Å². The summed E-state index contributed by atoms with van der Waals surface area (Å²) in [5.41, 5.74) is 2.20. The monoisotopic (exact) mass is 334 g/mol. The zero-order chi connectivity index (χ0) is 14.5. The molecule has 0 aliphatic carbocycles. The molecule has 4 nitrogen and oxygen atoms in total. The SMILES string of the molecule is CC(CNc1ccc([N+](=O)[O-])cc1Br)c1ccccc1. The van der Waals surface area contributed by atoms with E-state index < -0.39 is 4.92 Å². The molecule has 0 aromatic heterocycles. The highest BCUT2D eigenvalue weighted by atomic mass is 79.9. The second kappa shape index (κ2) is 6.52. The molecule has 0 spiro atoms. The Bertz CT molecular complexity index is 602. The first-order valence-corrected chi connectivity index (χ1v) is 7.10. The van der Waals surface area contributed by atoms with Gasteiger partial charge in [-0.1, -0.05) is 37.3 Å². The molecule has 1 atom stereocenters. The summed E-state index contributed by atoms with van der Waals surface area (Å²) in [5, 5.41) is 14.0. The molecule has 5 heteroatoms. The maximum absolute atomic E-state index is 10.7. The number of nitrogens with zero attached hydrogens (tertiary/aromatic N) is 1. The van der Waals surface area contributed by atoms with E-state index in [4.69, 9.17) is 0 Å². The Balaban J connectivity index is 2.02. The number of hydrogen-bond acceptors (Lipinski definition) is 3. The Morgan fingerprint density at radius 1 is 1.25 bits per heavy atom. The van der Waals surface area contributed by atoms with Crippen molar-refractivity contribution in [2.45, 2.75) is 12.8 Å². The topological polar surface area (TPSA) is 55.2 Å². The first kappa shape index (κ1) is 14.5. The fourth-order valence-corrected chi connectivity index (χ4v) is 2.43. The molecule has 0 bridgehead atoms. The van der Waals surface area contributed by atoms with E-state index in [-0.39, 0.29) is 5.69 Å². The standard InChI is InChI=1S/C15H15BrN2O2/c1-11(12-5-3-2-4-6-12)10-17-15-8-7-13(18(19)20)9-14(15)16/h2-9,11,17H,10H2,1H3. The highest BCUT2D eigenvalue weighted by Gasteiger charge is 2.10. The average Bonchev–Trinajstić information content (AvgIpc) is 2.46. The van der Waals surface area contributed by atoms with Crippen LogP contribution in [0.25, 0.3) is 0 Å². The minimum Gasteiger partial charge on any atom is -0.384 e. The van der Waals surface area contributed by atoms with Crippen LogP contribution >= 0.6 is 15.9 Å². The highest BCUT2D eigenvalue weighted by Crippen LogP contribution is 2.27. The molecular weight excluding hydrogens is 320 g/mol. The summed E-state index contributed by atoms with van der Waals surface area (Å²) >= 11 is 3.35. The second-order valence-electron chi connectivity index (χ2n) is 4.61. The van der Waals surface area contributed by atoms with Crippen molar-refractivity contribution in [1.82, 2.24) is 0 Å². The summed E-state index contributed by atoms with van der Waals surface area (Å²) in [6.45, 7) is 2.90. The van der Waals surface area contributed by atoms with Crippen LogP contribution in [0.5, 0.6) is 0 Å². The molecule has 1 unspecified atom stereocenters. The highest BCUT2D eigenvalue weighted by molar-refractivity contribution is 9.10. The number of hydrogen-bond donors (Lipinski definition) is 1. The third-order valence-electron chi connectivity index (χ3n) is 3.13. The van der Waals surface area contributed by atoms with Crippen molar-refractivity contribution in [3.8, 4) is 0 Å². The predicted octanol–water partition coefficient (Wildman–Crippen LogP) is 4.57. The first-order chi connectivity index (χ1) is 9.58.